The molecule has 0 aliphatic carbocycles. The second-order valence-corrected chi connectivity index (χ2v) is 8.22. The number of nitrogens with two attached hydrogens (primary N) is 1. The maximum atomic E-state index is 10.9. The van der Waals surface area contributed by atoms with Gasteiger partial charge in [-0.2, -0.15) is 0 Å². The van der Waals surface area contributed by atoms with E-state index in [2.05, 4.69) is 19.7 Å². The van der Waals surface area contributed by atoms with Gasteiger partial charge >= 0.3 is 5.97 Å². The van der Waals surface area contributed by atoms with Crippen LogP contribution in [0.5, 0.6) is 0 Å². The fourth-order valence-corrected chi connectivity index (χ4v) is 3.54. The van der Waals surface area contributed by atoms with Crippen molar-refractivity contribution in [3.63, 3.8) is 0 Å². The number of hydrogen-bond donors (Lipinski definition) is 2. The van der Waals surface area contributed by atoms with Gasteiger partial charge in [0.15, 0.2) is 0 Å². The van der Waals surface area contributed by atoms with E-state index in [-0.39, 0.29) is 5.75 Å². The number of hydrogen-bond acceptors (Lipinski definition) is 5. The van der Waals surface area contributed by atoms with Crippen LogP contribution in [-0.4, -0.2) is 49.2 Å². The highest BCUT2D eigenvalue weighted by Gasteiger charge is 2.17. The smallest absolute Gasteiger partial charge is 0.325 e. The summed E-state index contributed by atoms with van der Waals surface area (Å²) in [5.41, 5.74) is 5.12. The third-order valence-corrected chi connectivity index (χ3v) is 5.64. The van der Waals surface area contributed by atoms with E-state index in [1.807, 2.05) is 0 Å². The summed E-state index contributed by atoms with van der Waals surface area (Å²) in [4.78, 5) is 10.2. The maximum Gasteiger partial charge on any atom is 0.325 e. The van der Waals surface area contributed by atoms with Crippen molar-refractivity contribution >= 4 is 38.1 Å². The standard InChI is InChI=1S/C6H11NO3S.C6H10OS2/c1-2-3-11(10)4-5(7)6(8)9;1-3-5-8-9(7)6-4-2/h2,5H,1,3-4,7H2,(H,8,9);3-4H,1-2,5-6H2. The fraction of sp³-hybridized carbons (Fsp3) is 0.417. The molecule has 3 unspecified atom stereocenters. The molecule has 0 saturated carbocycles. The van der Waals surface area contributed by atoms with Crippen molar-refractivity contribution in [2.24, 2.45) is 5.73 Å². The Kier molecular flexibility index (Phi) is 16.5. The van der Waals surface area contributed by atoms with Crippen LogP contribution in [0.2, 0.25) is 0 Å². The van der Waals surface area contributed by atoms with E-state index < -0.39 is 33.4 Å². The van der Waals surface area contributed by atoms with E-state index in [9.17, 15) is 13.9 Å². The first-order valence-electron chi connectivity index (χ1n) is 5.56. The predicted octanol–water partition coefficient (Wildman–Crippen LogP) is 1.09. The van der Waals surface area contributed by atoms with Gasteiger partial charge in [-0.05, 0) is 23.3 Å². The quantitative estimate of drug-likeness (QED) is 0.350. The van der Waals surface area contributed by atoms with Gasteiger partial charge in [0.25, 0.3) is 0 Å². The minimum atomic E-state index is -1.19. The summed E-state index contributed by atoms with van der Waals surface area (Å²) in [7, 11) is 0.591. The number of carboxylic acid groups (broad SMARTS) is 1. The zero-order valence-electron chi connectivity index (χ0n) is 11.2. The Morgan fingerprint density at radius 1 is 1.25 bits per heavy atom. The van der Waals surface area contributed by atoms with E-state index >= 15 is 0 Å². The van der Waals surface area contributed by atoms with Crippen LogP contribution < -0.4 is 5.73 Å². The Hall–Kier alpha value is -0.380. The third kappa shape index (κ3) is 15.7. The van der Waals surface area contributed by atoms with Gasteiger partial charge in [-0.15, -0.1) is 6.58 Å². The van der Waals surface area contributed by atoms with Crippen molar-refractivity contribution in [1.82, 2.24) is 0 Å². The summed E-state index contributed by atoms with van der Waals surface area (Å²) >= 11 is -1.19. The lowest BCUT2D eigenvalue weighted by molar-refractivity contribution is -0.137. The molecule has 0 rings (SSSR count). The lowest BCUT2D eigenvalue weighted by Crippen LogP contribution is -2.37. The van der Waals surface area contributed by atoms with Gasteiger partial charge in [-0.1, -0.05) is 19.2 Å². The van der Waals surface area contributed by atoms with Crippen molar-refractivity contribution in [3.05, 3.63) is 38.0 Å². The first-order valence-corrected chi connectivity index (χ1v) is 9.87. The molecule has 0 saturated heterocycles. The SMILES string of the molecule is C=CCS[S+]([O-])CC=C.C=CC[S+]([O-])CC(N)C(=O)O. The van der Waals surface area contributed by atoms with Crippen molar-refractivity contribution in [3.8, 4) is 0 Å². The van der Waals surface area contributed by atoms with Crippen molar-refractivity contribution in [2.75, 3.05) is 23.0 Å². The van der Waals surface area contributed by atoms with Crippen molar-refractivity contribution < 1.29 is 19.0 Å². The van der Waals surface area contributed by atoms with Crippen LogP contribution in [0.4, 0.5) is 0 Å². The molecule has 0 amide bonds. The molecule has 0 fully saturated rings. The minimum absolute atomic E-state index is 0.0125. The summed E-state index contributed by atoms with van der Waals surface area (Å²) in [5, 5.41) is 8.31. The van der Waals surface area contributed by atoms with E-state index in [4.69, 9.17) is 10.8 Å². The van der Waals surface area contributed by atoms with E-state index in [1.165, 1.54) is 16.9 Å². The van der Waals surface area contributed by atoms with Crippen LogP contribution in [0.15, 0.2) is 38.0 Å². The molecule has 0 aliphatic rings. The highest BCUT2D eigenvalue weighted by atomic mass is 33.1. The number of aliphatic carboxylic acids is 1. The highest BCUT2D eigenvalue weighted by molar-refractivity contribution is 8.72. The van der Waals surface area contributed by atoms with Gasteiger partial charge in [-0.25, -0.2) is 0 Å². The largest absolute Gasteiger partial charge is 0.616 e. The van der Waals surface area contributed by atoms with Gasteiger partial charge in [-0.3, -0.25) is 4.79 Å². The summed E-state index contributed by atoms with van der Waals surface area (Å²) in [6.45, 7) is 10.4. The maximum absolute atomic E-state index is 10.9. The van der Waals surface area contributed by atoms with Gasteiger partial charge < -0.3 is 19.9 Å². The van der Waals surface area contributed by atoms with Gasteiger partial charge in [0.05, 0.1) is 16.5 Å². The van der Waals surface area contributed by atoms with Crippen LogP contribution in [0.3, 0.4) is 0 Å². The van der Waals surface area contributed by atoms with Crippen LogP contribution in [-0.2, 0) is 26.2 Å². The Bertz CT molecular complexity index is 302. The highest BCUT2D eigenvalue weighted by Crippen LogP contribution is 2.12. The Balaban J connectivity index is 0. The molecular formula is C12H21NO4S3. The average molecular weight is 340 g/mol. The Labute approximate surface area is 130 Å². The van der Waals surface area contributed by atoms with Crippen molar-refractivity contribution in [1.29, 1.82) is 0 Å². The molecule has 20 heavy (non-hydrogen) atoms. The van der Waals surface area contributed by atoms with Crippen LogP contribution in [0, 0.1) is 0 Å². The molecule has 0 bridgehead atoms. The molecule has 0 aromatic heterocycles. The van der Waals surface area contributed by atoms with E-state index in [0.717, 1.165) is 5.75 Å². The zero-order valence-corrected chi connectivity index (χ0v) is 13.7. The molecule has 0 aromatic rings. The average Bonchev–Trinajstić information content (AvgIpc) is 2.37. The molecule has 116 valence electrons. The molecule has 3 N–H and O–H groups in total. The molecule has 0 heterocycles. The third-order valence-electron chi connectivity index (χ3n) is 1.56. The summed E-state index contributed by atoms with van der Waals surface area (Å²) in [5.74, 6) is 0.476. The van der Waals surface area contributed by atoms with Crippen molar-refractivity contribution in [2.45, 2.75) is 6.04 Å². The number of rotatable bonds is 10. The zero-order chi connectivity index (χ0) is 16.0. The molecule has 0 aromatic carbocycles. The van der Waals surface area contributed by atoms with Gasteiger partial charge in [0.1, 0.15) is 23.3 Å². The summed E-state index contributed by atoms with van der Waals surface area (Å²) in [6, 6.07) is -1.03. The molecule has 0 spiro atoms. The molecule has 5 nitrogen and oxygen atoms in total. The molecule has 0 radical (unpaired) electrons. The molecule has 8 heteroatoms. The predicted molar refractivity (Wildman–Crippen MR) is 89.5 cm³/mol. The number of carboxylic acids is 1. The second kappa shape index (κ2) is 15.0. The minimum Gasteiger partial charge on any atom is -0.616 e. The van der Waals surface area contributed by atoms with Gasteiger partial charge in [0.2, 0.25) is 0 Å². The first kappa shape index (κ1) is 21.9. The molecular weight excluding hydrogens is 318 g/mol. The fourth-order valence-electron chi connectivity index (χ4n) is 0.739. The van der Waals surface area contributed by atoms with Crippen LogP contribution in [0.1, 0.15) is 0 Å². The topological polar surface area (TPSA) is 109 Å². The van der Waals surface area contributed by atoms with Crippen LogP contribution in [0.25, 0.3) is 0 Å². The Morgan fingerprint density at radius 2 is 1.80 bits per heavy atom. The monoisotopic (exact) mass is 339 g/mol. The van der Waals surface area contributed by atoms with E-state index in [1.54, 1.807) is 12.2 Å². The number of carbonyl (C=O) groups is 1. The van der Waals surface area contributed by atoms with Gasteiger partial charge in [0, 0.05) is 10.2 Å². The summed E-state index contributed by atoms with van der Waals surface area (Å²) < 4.78 is 21.6. The second-order valence-electron chi connectivity index (χ2n) is 3.34. The van der Waals surface area contributed by atoms with Crippen LogP contribution >= 0.6 is 10.8 Å². The lowest BCUT2D eigenvalue weighted by atomic mass is 10.4. The Morgan fingerprint density at radius 3 is 2.20 bits per heavy atom. The molecule has 3 atom stereocenters. The van der Waals surface area contributed by atoms with E-state index in [0.29, 0.717) is 11.5 Å². The lowest BCUT2D eigenvalue weighted by Gasteiger charge is -2.10. The summed E-state index contributed by atoms with van der Waals surface area (Å²) in [6.07, 6.45) is 4.88. The first-order chi connectivity index (χ1) is 9.38. The molecule has 0 aliphatic heterocycles. The normalized spacial score (nSPS) is 14.2.